The summed E-state index contributed by atoms with van der Waals surface area (Å²) in [7, 11) is 1.56. The number of hydrogen-bond donors (Lipinski definition) is 2. The zero-order valence-corrected chi connectivity index (χ0v) is 10.1. The van der Waals surface area contributed by atoms with E-state index >= 15 is 0 Å². The van der Waals surface area contributed by atoms with Gasteiger partial charge < -0.3 is 16.0 Å². The number of nitrogens with one attached hydrogen (secondary N) is 1. The molecule has 0 aliphatic rings. The monoisotopic (exact) mass is 215 g/mol. The van der Waals surface area contributed by atoms with Gasteiger partial charge in [0.2, 0.25) is 11.8 Å². The van der Waals surface area contributed by atoms with Gasteiger partial charge in [-0.1, -0.05) is 0 Å². The third-order valence-electron chi connectivity index (χ3n) is 1.66. The number of carbonyl (C=O) groups excluding carboxylic acids is 2. The van der Waals surface area contributed by atoms with Crippen LogP contribution in [0.4, 0.5) is 0 Å². The molecule has 1 unspecified atom stereocenters. The van der Waals surface area contributed by atoms with Gasteiger partial charge in [0.1, 0.15) is 0 Å². The maximum absolute atomic E-state index is 11.5. The number of nitrogens with zero attached hydrogens (tertiary/aromatic N) is 1. The largest absolute Gasteiger partial charge is 0.350 e. The molecule has 88 valence electrons. The molecule has 5 heteroatoms. The molecule has 0 radical (unpaired) electrons. The molecule has 0 spiro atoms. The Morgan fingerprint density at radius 1 is 1.40 bits per heavy atom. The summed E-state index contributed by atoms with van der Waals surface area (Å²) in [5.41, 5.74) is 5.13. The fraction of sp³-hybridized carbons (Fsp3) is 0.800. The van der Waals surface area contributed by atoms with Gasteiger partial charge in [0.15, 0.2) is 0 Å². The first-order valence-corrected chi connectivity index (χ1v) is 4.95. The van der Waals surface area contributed by atoms with Crippen LogP contribution in [0.5, 0.6) is 0 Å². The normalized spacial score (nSPS) is 13.2. The van der Waals surface area contributed by atoms with Crippen molar-refractivity contribution in [1.82, 2.24) is 10.2 Å². The molecule has 0 fully saturated rings. The molecule has 0 aromatic carbocycles. The maximum atomic E-state index is 11.5. The lowest BCUT2D eigenvalue weighted by atomic mass is 10.1. The third-order valence-corrected chi connectivity index (χ3v) is 1.66. The van der Waals surface area contributed by atoms with E-state index in [-0.39, 0.29) is 23.9 Å². The number of rotatable bonds is 3. The second-order valence-electron chi connectivity index (χ2n) is 4.78. The van der Waals surface area contributed by atoms with Crippen molar-refractivity contribution in [2.75, 3.05) is 13.6 Å². The zero-order valence-electron chi connectivity index (χ0n) is 10.1. The fourth-order valence-corrected chi connectivity index (χ4v) is 1.10. The number of hydrogen-bond acceptors (Lipinski definition) is 3. The standard InChI is InChI=1S/C10H21N3O2/c1-7(11)9(15)13(5)6-8(14)12-10(2,3)4/h7H,6,11H2,1-5H3,(H,12,14). The summed E-state index contributed by atoms with van der Waals surface area (Å²) >= 11 is 0. The van der Waals surface area contributed by atoms with Gasteiger partial charge in [0.05, 0.1) is 12.6 Å². The predicted molar refractivity (Wildman–Crippen MR) is 59.2 cm³/mol. The molecular weight excluding hydrogens is 194 g/mol. The van der Waals surface area contributed by atoms with Crippen molar-refractivity contribution in [2.24, 2.45) is 5.73 Å². The van der Waals surface area contributed by atoms with Crippen molar-refractivity contribution >= 4 is 11.8 Å². The van der Waals surface area contributed by atoms with Crippen LogP contribution in [0.25, 0.3) is 0 Å². The molecule has 0 aliphatic heterocycles. The van der Waals surface area contributed by atoms with E-state index in [9.17, 15) is 9.59 Å². The van der Waals surface area contributed by atoms with E-state index in [1.54, 1.807) is 14.0 Å². The van der Waals surface area contributed by atoms with E-state index in [4.69, 9.17) is 5.73 Å². The Balaban J connectivity index is 4.14. The predicted octanol–water partition coefficient (Wildman–Crippen LogP) is -0.293. The smallest absolute Gasteiger partial charge is 0.240 e. The molecule has 0 bridgehead atoms. The first-order valence-electron chi connectivity index (χ1n) is 4.95. The van der Waals surface area contributed by atoms with E-state index in [2.05, 4.69) is 5.32 Å². The molecule has 5 nitrogen and oxygen atoms in total. The molecule has 2 amide bonds. The van der Waals surface area contributed by atoms with Crippen LogP contribution in [0.1, 0.15) is 27.7 Å². The van der Waals surface area contributed by atoms with E-state index in [1.165, 1.54) is 4.90 Å². The molecule has 15 heavy (non-hydrogen) atoms. The molecule has 0 saturated heterocycles. The summed E-state index contributed by atoms with van der Waals surface area (Å²) in [6, 6.07) is -0.572. The highest BCUT2D eigenvalue weighted by molar-refractivity contribution is 5.87. The fourth-order valence-electron chi connectivity index (χ4n) is 1.10. The summed E-state index contributed by atoms with van der Waals surface area (Å²) in [4.78, 5) is 24.1. The quantitative estimate of drug-likeness (QED) is 0.679. The Morgan fingerprint density at radius 2 is 1.87 bits per heavy atom. The highest BCUT2D eigenvalue weighted by Gasteiger charge is 2.19. The molecule has 0 saturated carbocycles. The summed E-state index contributed by atoms with van der Waals surface area (Å²) in [5, 5.41) is 2.77. The van der Waals surface area contributed by atoms with Crippen LogP contribution in [0, 0.1) is 0 Å². The summed E-state index contributed by atoms with van der Waals surface area (Å²) in [6.07, 6.45) is 0. The van der Waals surface area contributed by atoms with Crippen LogP contribution in [0.3, 0.4) is 0 Å². The van der Waals surface area contributed by atoms with Gasteiger partial charge in [-0.3, -0.25) is 9.59 Å². The first-order chi connectivity index (χ1) is 6.63. The molecule has 0 heterocycles. The van der Waals surface area contributed by atoms with Gasteiger partial charge in [-0.05, 0) is 27.7 Å². The van der Waals surface area contributed by atoms with Gasteiger partial charge in [0, 0.05) is 12.6 Å². The SMILES string of the molecule is CC(N)C(=O)N(C)CC(=O)NC(C)(C)C. The number of carbonyl (C=O) groups is 2. The van der Waals surface area contributed by atoms with Crippen LogP contribution in [0.2, 0.25) is 0 Å². The topological polar surface area (TPSA) is 75.4 Å². The lowest BCUT2D eigenvalue weighted by Gasteiger charge is -2.24. The van der Waals surface area contributed by atoms with Gasteiger partial charge in [-0.25, -0.2) is 0 Å². The van der Waals surface area contributed by atoms with Crippen molar-refractivity contribution < 1.29 is 9.59 Å². The van der Waals surface area contributed by atoms with E-state index in [0.717, 1.165) is 0 Å². The Morgan fingerprint density at radius 3 is 2.20 bits per heavy atom. The van der Waals surface area contributed by atoms with E-state index in [0.29, 0.717) is 0 Å². The molecule has 0 rings (SSSR count). The van der Waals surface area contributed by atoms with E-state index < -0.39 is 6.04 Å². The summed E-state index contributed by atoms with van der Waals surface area (Å²) in [6.45, 7) is 7.30. The van der Waals surface area contributed by atoms with Gasteiger partial charge in [-0.2, -0.15) is 0 Å². The minimum Gasteiger partial charge on any atom is -0.350 e. The Bertz CT molecular complexity index is 244. The summed E-state index contributed by atoms with van der Waals surface area (Å²) in [5.74, 6) is -0.418. The highest BCUT2D eigenvalue weighted by atomic mass is 16.2. The Kier molecular flexibility index (Phi) is 4.74. The molecule has 0 aromatic rings. The summed E-state index contributed by atoms with van der Waals surface area (Å²) < 4.78 is 0. The van der Waals surface area contributed by atoms with Crippen molar-refractivity contribution in [3.05, 3.63) is 0 Å². The lowest BCUT2D eigenvalue weighted by molar-refractivity contribution is -0.135. The van der Waals surface area contributed by atoms with E-state index in [1.807, 2.05) is 20.8 Å². The molecular formula is C10H21N3O2. The first kappa shape index (κ1) is 13.9. The van der Waals surface area contributed by atoms with Crippen molar-refractivity contribution in [2.45, 2.75) is 39.3 Å². The molecule has 0 aliphatic carbocycles. The number of amides is 2. The number of likely N-dealkylation sites (N-methyl/N-ethyl adjacent to an activating group) is 1. The highest BCUT2D eigenvalue weighted by Crippen LogP contribution is 1.98. The minimum absolute atomic E-state index is 0.0393. The van der Waals surface area contributed by atoms with Crippen molar-refractivity contribution in [3.8, 4) is 0 Å². The average Bonchev–Trinajstić information content (AvgIpc) is 1.98. The van der Waals surface area contributed by atoms with Gasteiger partial charge >= 0.3 is 0 Å². The lowest BCUT2D eigenvalue weighted by Crippen LogP contribution is -2.48. The average molecular weight is 215 g/mol. The number of nitrogens with two attached hydrogens (primary N) is 1. The van der Waals surface area contributed by atoms with Gasteiger partial charge in [-0.15, -0.1) is 0 Å². The zero-order chi connectivity index (χ0) is 12.2. The van der Waals surface area contributed by atoms with Crippen molar-refractivity contribution in [1.29, 1.82) is 0 Å². The minimum atomic E-state index is -0.572. The second-order valence-corrected chi connectivity index (χ2v) is 4.78. The van der Waals surface area contributed by atoms with Gasteiger partial charge in [0.25, 0.3) is 0 Å². The molecule has 3 N–H and O–H groups in total. The molecule has 1 atom stereocenters. The van der Waals surface area contributed by atoms with Crippen molar-refractivity contribution in [3.63, 3.8) is 0 Å². The van der Waals surface area contributed by atoms with Crippen LogP contribution >= 0.6 is 0 Å². The van der Waals surface area contributed by atoms with Crippen LogP contribution in [-0.4, -0.2) is 41.9 Å². The van der Waals surface area contributed by atoms with Crippen LogP contribution < -0.4 is 11.1 Å². The Labute approximate surface area is 91.0 Å². The Hall–Kier alpha value is -1.10. The molecule has 0 aromatic heterocycles. The maximum Gasteiger partial charge on any atom is 0.240 e. The van der Waals surface area contributed by atoms with Crippen LogP contribution in [0.15, 0.2) is 0 Å². The van der Waals surface area contributed by atoms with Crippen LogP contribution in [-0.2, 0) is 9.59 Å². The second kappa shape index (κ2) is 5.11. The third kappa shape index (κ3) is 6.06.